The summed E-state index contributed by atoms with van der Waals surface area (Å²) in [6, 6.07) is 22.2. The predicted molar refractivity (Wildman–Crippen MR) is 157 cm³/mol. The Balaban J connectivity index is 1.34. The van der Waals surface area contributed by atoms with E-state index >= 15 is 0 Å². The Bertz CT molecular complexity index is 1190. The molecule has 8 heteroatoms. The molecule has 3 N–H and O–H groups in total. The number of benzene rings is 3. The van der Waals surface area contributed by atoms with Crippen LogP contribution in [0.1, 0.15) is 42.3 Å². The molecule has 210 valence electrons. The van der Waals surface area contributed by atoms with Crippen molar-refractivity contribution >= 4 is 14.3 Å². The van der Waals surface area contributed by atoms with E-state index in [0.29, 0.717) is 30.2 Å². The fraction of sp³-hybridized carbons (Fsp3) is 0.387. The van der Waals surface area contributed by atoms with Gasteiger partial charge in [-0.25, -0.2) is 4.79 Å². The molecule has 0 aliphatic rings. The van der Waals surface area contributed by atoms with Crippen LogP contribution in [0.5, 0.6) is 17.2 Å². The minimum Gasteiger partial charge on any atom is -0.543 e. The Kier molecular flexibility index (Phi) is 10.6. The third-order valence-electron chi connectivity index (χ3n) is 6.98. The fourth-order valence-corrected chi connectivity index (χ4v) is 4.60. The number of hydrogen-bond acceptors (Lipinski definition) is 6. The van der Waals surface area contributed by atoms with Crippen LogP contribution in [0.3, 0.4) is 0 Å². The summed E-state index contributed by atoms with van der Waals surface area (Å²) in [5.41, 5.74) is 2.01. The molecule has 0 aliphatic heterocycles. The molecule has 1 atom stereocenters. The minimum atomic E-state index is -1.88. The molecule has 0 spiro atoms. The van der Waals surface area contributed by atoms with E-state index in [1.165, 1.54) is 0 Å². The van der Waals surface area contributed by atoms with E-state index in [1.807, 2.05) is 48.5 Å². The molecular weight excluding hydrogens is 510 g/mol. The van der Waals surface area contributed by atoms with Gasteiger partial charge in [-0.05, 0) is 79.1 Å². The van der Waals surface area contributed by atoms with Crippen LogP contribution in [0.2, 0.25) is 18.1 Å². The Morgan fingerprint density at radius 2 is 1.49 bits per heavy atom. The predicted octanol–water partition coefficient (Wildman–Crippen LogP) is 5.92. The minimum absolute atomic E-state index is 0.134. The van der Waals surface area contributed by atoms with E-state index in [-0.39, 0.29) is 23.8 Å². The molecular formula is C31H41NO6Si. The Hall–Kier alpha value is -3.33. The van der Waals surface area contributed by atoms with Gasteiger partial charge in [-0.15, -0.1) is 0 Å². The summed E-state index contributed by atoms with van der Waals surface area (Å²) in [5.74, 6) is 1.26. The van der Waals surface area contributed by atoms with Crippen molar-refractivity contribution in [3.8, 4) is 17.2 Å². The molecule has 39 heavy (non-hydrogen) atoms. The molecule has 0 heterocycles. The summed E-state index contributed by atoms with van der Waals surface area (Å²) in [6.45, 7) is 12.6. The molecule has 3 aromatic rings. The zero-order valence-electron chi connectivity index (χ0n) is 23.6. The summed E-state index contributed by atoms with van der Waals surface area (Å²) < 4.78 is 17.8. The third-order valence-corrected chi connectivity index (χ3v) is 11.3. The van der Waals surface area contributed by atoms with Crippen molar-refractivity contribution in [1.82, 2.24) is 5.32 Å². The monoisotopic (exact) mass is 551 g/mol. The van der Waals surface area contributed by atoms with Crippen molar-refractivity contribution < 1.29 is 28.9 Å². The Labute approximate surface area is 232 Å². The maximum atomic E-state index is 11.3. The quantitative estimate of drug-likeness (QED) is 0.169. The highest BCUT2D eigenvalue weighted by Crippen LogP contribution is 2.37. The second-order valence-electron chi connectivity index (χ2n) is 11.1. The number of ether oxygens (including phenoxy) is 2. The van der Waals surface area contributed by atoms with Gasteiger partial charge in [0.05, 0.1) is 5.56 Å². The first-order chi connectivity index (χ1) is 18.4. The fourth-order valence-electron chi connectivity index (χ4n) is 3.57. The topological polar surface area (TPSA) is 97.3 Å². The first-order valence-corrected chi connectivity index (χ1v) is 16.2. The number of nitrogens with one attached hydrogen (secondary N) is 1. The summed E-state index contributed by atoms with van der Waals surface area (Å²) >= 11 is 0. The average molecular weight is 552 g/mol. The van der Waals surface area contributed by atoms with Gasteiger partial charge in [-0.2, -0.15) is 0 Å². The maximum Gasteiger partial charge on any atom is 0.336 e. The van der Waals surface area contributed by atoms with Crippen LogP contribution in [0.4, 0.5) is 0 Å². The summed E-state index contributed by atoms with van der Waals surface area (Å²) in [7, 11) is -1.88. The van der Waals surface area contributed by atoms with E-state index in [1.54, 1.807) is 24.3 Å². The lowest BCUT2D eigenvalue weighted by atomic mass is 10.1. The highest BCUT2D eigenvalue weighted by molar-refractivity contribution is 6.74. The number of carboxylic acid groups (broad SMARTS) is 1. The van der Waals surface area contributed by atoms with Gasteiger partial charge in [0.25, 0.3) is 0 Å². The Morgan fingerprint density at radius 1 is 0.897 bits per heavy atom. The van der Waals surface area contributed by atoms with Crippen LogP contribution in [0, 0.1) is 0 Å². The van der Waals surface area contributed by atoms with Crippen LogP contribution in [-0.4, -0.2) is 50.3 Å². The van der Waals surface area contributed by atoms with Crippen LogP contribution >= 0.6 is 0 Å². The molecule has 0 aliphatic carbocycles. The smallest absolute Gasteiger partial charge is 0.336 e. The van der Waals surface area contributed by atoms with Gasteiger partial charge in [-0.3, -0.25) is 0 Å². The van der Waals surface area contributed by atoms with E-state index in [9.17, 15) is 15.0 Å². The number of carboxylic acids is 1. The van der Waals surface area contributed by atoms with Gasteiger partial charge in [-0.1, -0.05) is 51.1 Å². The first kappa shape index (κ1) is 30.2. The van der Waals surface area contributed by atoms with Gasteiger partial charge in [0, 0.05) is 12.1 Å². The number of aliphatic hydroxyl groups excluding tert-OH is 1. The second-order valence-corrected chi connectivity index (χ2v) is 15.9. The average Bonchev–Trinajstić information content (AvgIpc) is 2.89. The molecule has 0 fully saturated rings. The second kappa shape index (κ2) is 13.6. The normalized spacial score (nSPS) is 12.6. The van der Waals surface area contributed by atoms with E-state index in [0.717, 1.165) is 17.7 Å². The van der Waals surface area contributed by atoms with E-state index < -0.39 is 20.4 Å². The zero-order valence-corrected chi connectivity index (χ0v) is 24.6. The van der Waals surface area contributed by atoms with Crippen LogP contribution in [-0.2, 0) is 13.0 Å². The molecule has 7 nitrogen and oxygen atoms in total. The molecule has 0 amide bonds. The third kappa shape index (κ3) is 9.42. The molecule has 0 bridgehead atoms. The van der Waals surface area contributed by atoms with Crippen LogP contribution in [0.25, 0.3) is 0 Å². The van der Waals surface area contributed by atoms with Crippen molar-refractivity contribution in [1.29, 1.82) is 0 Å². The van der Waals surface area contributed by atoms with Crippen molar-refractivity contribution in [3.05, 3.63) is 89.5 Å². The number of carbonyl (C=O) groups is 1. The summed E-state index contributed by atoms with van der Waals surface area (Å²) in [5, 5.41) is 23.0. The van der Waals surface area contributed by atoms with Gasteiger partial charge in [0.2, 0.25) is 8.32 Å². The summed E-state index contributed by atoms with van der Waals surface area (Å²) in [4.78, 5) is 11.3. The van der Waals surface area contributed by atoms with E-state index in [2.05, 4.69) is 39.2 Å². The largest absolute Gasteiger partial charge is 0.543 e. The van der Waals surface area contributed by atoms with Crippen molar-refractivity contribution in [3.63, 3.8) is 0 Å². The van der Waals surface area contributed by atoms with Crippen molar-refractivity contribution in [2.45, 2.75) is 58.0 Å². The number of rotatable bonds is 14. The van der Waals surface area contributed by atoms with Crippen LogP contribution < -0.4 is 19.2 Å². The lowest BCUT2D eigenvalue weighted by Gasteiger charge is -2.36. The maximum absolute atomic E-state index is 11.3. The molecule has 0 radical (unpaired) electrons. The first-order valence-electron chi connectivity index (χ1n) is 13.3. The molecule has 0 aromatic heterocycles. The zero-order chi connectivity index (χ0) is 28.5. The molecule has 0 saturated heterocycles. The molecule has 0 saturated carbocycles. The Morgan fingerprint density at radius 3 is 2.13 bits per heavy atom. The SMILES string of the molecule is CC(C)(C)[Si](C)(C)Oc1ccc(OC[C@@H](O)CNCCc2ccc(OCc3ccccc3C(=O)O)cc2)cc1. The van der Waals surface area contributed by atoms with E-state index in [4.69, 9.17) is 13.9 Å². The lowest BCUT2D eigenvalue weighted by molar-refractivity contribution is 0.0694. The number of aromatic carboxylic acids is 1. The van der Waals surface area contributed by atoms with Crippen LogP contribution in [0.15, 0.2) is 72.8 Å². The number of hydrogen-bond donors (Lipinski definition) is 3. The van der Waals surface area contributed by atoms with Crippen molar-refractivity contribution in [2.75, 3.05) is 19.7 Å². The lowest BCUT2D eigenvalue weighted by Crippen LogP contribution is -2.43. The van der Waals surface area contributed by atoms with Crippen molar-refractivity contribution in [2.24, 2.45) is 0 Å². The summed E-state index contributed by atoms with van der Waals surface area (Å²) in [6.07, 6.45) is 0.170. The highest BCUT2D eigenvalue weighted by atomic mass is 28.4. The van der Waals surface area contributed by atoms with Gasteiger partial charge in [0.15, 0.2) is 0 Å². The molecule has 3 rings (SSSR count). The molecule has 0 unspecified atom stereocenters. The van der Waals surface area contributed by atoms with Gasteiger partial charge in [0.1, 0.15) is 36.6 Å². The highest BCUT2D eigenvalue weighted by Gasteiger charge is 2.38. The number of aliphatic hydroxyl groups is 1. The standard InChI is InChI=1S/C31H41NO6Si/c1-31(2,3)39(4,5)38-28-16-14-27(15-17-28)37-22-25(33)20-32-19-18-23-10-12-26(13-11-23)36-21-24-8-6-7-9-29(24)30(34)35/h6-17,25,32-33H,18-22H2,1-5H3,(H,34,35)/t25-/m0/s1. The van der Waals surface area contributed by atoms with Gasteiger partial charge < -0.3 is 29.4 Å². The van der Waals surface area contributed by atoms with Gasteiger partial charge >= 0.3 is 5.97 Å². The molecule has 3 aromatic carbocycles.